The summed E-state index contributed by atoms with van der Waals surface area (Å²) in [4.78, 5) is 45.0. The molecule has 2 saturated heterocycles. The molecular weight excluding hydrogens is 578 g/mol. The number of rotatable bonds is 10. The summed E-state index contributed by atoms with van der Waals surface area (Å²) in [7, 11) is -2.11. The van der Waals surface area contributed by atoms with Crippen LogP contribution >= 0.6 is 0 Å². The van der Waals surface area contributed by atoms with Crippen LogP contribution in [-0.2, 0) is 21.2 Å². The van der Waals surface area contributed by atoms with E-state index in [4.69, 9.17) is 5.73 Å². The molecule has 0 saturated carbocycles. The second-order valence-corrected chi connectivity index (χ2v) is 13.3. The van der Waals surface area contributed by atoms with Crippen molar-refractivity contribution in [3.8, 4) is 0 Å². The predicted molar refractivity (Wildman–Crippen MR) is 169 cm³/mol. The highest BCUT2D eigenvalue weighted by atomic mass is 32.2. The summed E-state index contributed by atoms with van der Waals surface area (Å²) in [6, 6.07) is 18.9. The molecule has 2 amide bonds. The molecule has 5 rings (SSSR count). The average Bonchev–Trinajstić information content (AvgIpc) is 3.01. The Bertz CT molecular complexity index is 1620. The minimum absolute atomic E-state index is 0.105. The molecule has 11 heteroatoms. The Morgan fingerprint density at radius 2 is 1.59 bits per heavy atom. The molecule has 0 bridgehead atoms. The average molecular weight is 618 g/mol. The van der Waals surface area contributed by atoms with Crippen LogP contribution in [0.15, 0.2) is 77.7 Å². The van der Waals surface area contributed by atoms with Gasteiger partial charge in [0.25, 0.3) is 10.0 Å². The number of nitrogens with one attached hydrogen (secondary N) is 1. The van der Waals surface area contributed by atoms with Crippen LogP contribution in [0, 0.1) is 5.92 Å². The second kappa shape index (κ2) is 13.7. The number of sulfonamides is 1. The standard InChI is InChI=1S/C33H39N5O5S/c1-36-15-7-8-24(22-36)23-37-16-18-38(19-17-37)31(39)21-27-20-26(33(34)41)13-14-30(27)44(42,43)35-29-12-6-5-11-28(29)32(40)25-9-3-2-4-10-25/h2-6,9-14,20,24,35H,7-8,15-19,21-23H2,1H3,(H2,34,41). The third-order valence-electron chi connectivity index (χ3n) is 8.39. The van der Waals surface area contributed by atoms with Gasteiger partial charge in [0.05, 0.1) is 17.0 Å². The summed E-state index contributed by atoms with van der Waals surface area (Å²) < 4.78 is 30.1. The molecule has 2 fully saturated rings. The molecule has 0 spiro atoms. The lowest BCUT2D eigenvalue weighted by atomic mass is 9.97. The first-order chi connectivity index (χ1) is 21.1. The monoisotopic (exact) mass is 617 g/mol. The summed E-state index contributed by atoms with van der Waals surface area (Å²) in [6.07, 6.45) is 2.21. The van der Waals surface area contributed by atoms with E-state index in [1.54, 1.807) is 53.4 Å². The van der Waals surface area contributed by atoms with Crippen LogP contribution in [0.2, 0.25) is 0 Å². The molecule has 0 aliphatic carbocycles. The molecular formula is C33H39N5O5S. The highest BCUT2D eigenvalue weighted by Crippen LogP contribution is 2.26. The number of para-hydroxylation sites is 1. The third-order valence-corrected chi connectivity index (χ3v) is 9.86. The first kappa shape index (κ1) is 31.4. The van der Waals surface area contributed by atoms with Gasteiger partial charge in [-0.15, -0.1) is 0 Å². The highest BCUT2D eigenvalue weighted by molar-refractivity contribution is 7.92. The third kappa shape index (κ3) is 7.53. The van der Waals surface area contributed by atoms with Gasteiger partial charge in [-0.3, -0.25) is 24.0 Å². The maximum atomic E-state index is 13.8. The Kier molecular flexibility index (Phi) is 9.77. The number of piperazine rings is 1. The van der Waals surface area contributed by atoms with E-state index in [0.717, 1.165) is 32.7 Å². The quantitative estimate of drug-likeness (QED) is 0.334. The van der Waals surface area contributed by atoms with E-state index >= 15 is 0 Å². The minimum atomic E-state index is -4.27. The topological polar surface area (TPSA) is 133 Å². The molecule has 0 aromatic heterocycles. The Morgan fingerprint density at radius 1 is 0.886 bits per heavy atom. The van der Waals surface area contributed by atoms with Gasteiger partial charge < -0.3 is 15.5 Å². The number of hydrogen-bond donors (Lipinski definition) is 2. The molecule has 1 atom stereocenters. The normalized spacial score (nSPS) is 18.1. The summed E-state index contributed by atoms with van der Waals surface area (Å²) in [5.74, 6) is -0.657. The maximum absolute atomic E-state index is 13.8. The molecule has 2 aliphatic rings. The molecule has 232 valence electrons. The Hall–Kier alpha value is -4.06. The number of amides is 2. The van der Waals surface area contributed by atoms with Gasteiger partial charge in [-0.1, -0.05) is 42.5 Å². The fraction of sp³-hybridized carbons (Fsp3) is 0.364. The van der Waals surface area contributed by atoms with Crippen LogP contribution in [0.5, 0.6) is 0 Å². The minimum Gasteiger partial charge on any atom is -0.366 e. The van der Waals surface area contributed by atoms with Crippen LogP contribution in [0.4, 0.5) is 5.69 Å². The molecule has 3 aromatic rings. The van der Waals surface area contributed by atoms with Crippen LogP contribution in [0.3, 0.4) is 0 Å². The van der Waals surface area contributed by atoms with Crippen molar-refractivity contribution in [2.45, 2.75) is 24.2 Å². The van der Waals surface area contributed by atoms with Crippen molar-refractivity contribution >= 4 is 33.3 Å². The molecule has 1 unspecified atom stereocenters. The number of hydrogen-bond acceptors (Lipinski definition) is 7. The SMILES string of the molecule is CN1CCCC(CN2CCN(C(=O)Cc3cc(C(N)=O)ccc3S(=O)(=O)Nc3ccccc3C(=O)c3ccccc3)CC2)C1. The van der Waals surface area contributed by atoms with Gasteiger partial charge in [0.15, 0.2) is 5.78 Å². The summed E-state index contributed by atoms with van der Waals surface area (Å²) in [5.41, 5.74) is 6.49. The molecule has 3 aromatic carbocycles. The lowest BCUT2D eigenvalue weighted by Gasteiger charge is -2.38. The summed E-state index contributed by atoms with van der Waals surface area (Å²) >= 11 is 0. The number of nitrogens with two attached hydrogens (primary N) is 1. The van der Waals surface area contributed by atoms with Crippen molar-refractivity contribution in [2.24, 2.45) is 11.7 Å². The van der Waals surface area contributed by atoms with Crippen molar-refractivity contribution in [1.82, 2.24) is 14.7 Å². The number of nitrogens with zero attached hydrogens (tertiary/aromatic N) is 3. The zero-order valence-corrected chi connectivity index (χ0v) is 25.8. The van der Waals surface area contributed by atoms with E-state index in [1.807, 2.05) is 0 Å². The number of piperidine rings is 1. The smallest absolute Gasteiger partial charge is 0.262 e. The molecule has 3 N–H and O–H groups in total. The van der Waals surface area contributed by atoms with Crippen LogP contribution in [-0.4, -0.2) is 93.6 Å². The lowest BCUT2D eigenvalue weighted by molar-refractivity contribution is -0.132. The fourth-order valence-electron chi connectivity index (χ4n) is 6.09. The van der Waals surface area contributed by atoms with E-state index < -0.39 is 15.9 Å². The first-order valence-corrected chi connectivity index (χ1v) is 16.4. The number of ketones is 1. The molecule has 44 heavy (non-hydrogen) atoms. The van der Waals surface area contributed by atoms with E-state index in [0.29, 0.717) is 24.6 Å². The van der Waals surface area contributed by atoms with Crippen molar-refractivity contribution in [3.63, 3.8) is 0 Å². The number of anilines is 1. The number of likely N-dealkylation sites (tertiary alicyclic amines) is 1. The van der Waals surface area contributed by atoms with Gasteiger partial charge >= 0.3 is 0 Å². The number of primary amides is 1. The Balaban J connectivity index is 1.32. The van der Waals surface area contributed by atoms with Gasteiger partial charge in [0, 0.05) is 56.0 Å². The van der Waals surface area contributed by atoms with Gasteiger partial charge in [0.2, 0.25) is 11.8 Å². The van der Waals surface area contributed by atoms with Crippen LogP contribution in [0.1, 0.15) is 44.7 Å². The predicted octanol–water partition coefficient (Wildman–Crippen LogP) is 2.85. The molecule has 2 aliphatic heterocycles. The number of benzene rings is 3. The fourth-order valence-corrected chi connectivity index (χ4v) is 7.39. The van der Waals surface area contributed by atoms with Gasteiger partial charge in [-0.25, -0.2) is 8.42 Å². The maximum Gasteiger partial charge on any atom is 0.262 e. The lowest BCUT2D eigenvalue weighted by Crippen LogP contribution is -2.51. The number of carbonyl (C=O) groups is 3. The number of carbonyl (C=O) groups excluding carboxylic acids is 3. The highest BCUT2D eigenvalue weighted by Gasteiger charge is 2.28. The van der Waals surface area contributed by atoms with Gasteiger partial charge in [-0.2, -0.15) is 0 Å². The van der Waals surface area contributed by atoms with E-state index in [9.17, 15) is 22.8 Å². The van der Waals surface area contributed by atoms with E-state index in [1.165, 1.54) is 37.1 Å². The molecule has 2 heterocycles. The first-order valence-electron chi connectivity index (χ1n) is 14.9. The van der Waals surface area contributed by atoms with Crippen molar-refractivity contribution in [2.75, 3.05) is 57.6 Å². The van der Waals surface area contributed by atoms with E-state index in [-0.39, 0.29) is 45.4 Å². The largest absolute Gasteiger partial charge is 0.366 e. The van der Waals surface area contributed by atoms with Gasteiger partial charge in [0.1, 0.15) is 0 Å². The van der Waals surface area contributed by atoms with E-state index in [2.05, 4.69) is 21.6 Å². The Labute approximate surface area is 258 Å². The summed E-state index contributed by atoms with van der Waals surface area (Å²) in [5, 5.41) is 0. The second-order valence-electron chi connectivity index (χ2n) is 11.7. The molecule has 0 radical (unpaired) electrons. The van der Waals surface area contributed by atoms with Crippen LogP contribution in [0.25, 0.3) is 0 Å². The zero-order chi connectivity index (χ0) is 31.3. The van der Waals surface area contributed by atoms with Gasteiger partial charge in [-0.05, 0) is 68.2 Å². The van der Waals surface area contributed by atoms with Crippen molar-refractivity contribution in [3.05, 3.63) is 95.1 Å². The zero-order valence-electron chi connectivity index (χ0n) is 24.9. The molecule has 10 nitrogen and oxygen atoms in total. The van der Waals surface area contributed by atoms with Crippen molar-refractivity contribution in [1.29, 1.82) is 0 Å². The Morgan fingerprint density at radius 3 is 2.30 bits per heavy atom. The van der Waals surface area contributed by atoms with Crippen LogP contribution < -0.4 is 10.5 Å². The van der Waals surface area contributed by atoms with Crippen molar-refractivity contribution < 1.29 is 22.8 Å². The summed E-state index contributed by atoms with van der Waals surface area (Å²) in [6.45, 7) is 5.85.